The van der Waals surface area contributed by atoms with E-state index in [0.29, 0.717) is 0 Å². The van der Waals surface area contributed by atoms with E-state index < -0.39 is 0 Å². The molecule has 0 saturated carbocycles. The van der Waals surface area contributed by atoms with Gasteiger partial charge in [0.15, 0.2) is 5.89 Å². The second-order valence-corrected chi connectivity index (χ2v) is 7.05. The van der Waals surface area contributed by atoms with Crippen molar-refractivity contribution in [3.8, 4) is 0 Å². The van der Waals surface area contributed by atoms with Gasteiger partial charge in [0.05, 0.1) is 5.69 Å². The van der Waals surface area contributed by atoms with Gasteiger partial charge in [-0.3, -0.25) is 9.80 Å². The second-order valence-electron chi connectivity index (χ2n) is 7.05. The van der Waals surface area contributed by atoms with Gasteiger partial charge in [0.2, 0.25) is 0 Å². The van der Waals surface area contributed by atoms with Crippen molar-refractivity contribution >= 4 is 0 Å². The van der Waals surface area contributed by atoms with Crippen LogP contribution in [0, 0.1) is 12.8 Å². The molecule has 1 aromatic rings. The van der Waals surface area contributed by atoms with Crippen LogP contribution in [-0.2, 0) is 6.54 Å². The summed E-state index contributed by atoms with van der Waals surface area (Å²) in [4.78, 5) is 12.1. The van der Waals surface area contributed by atoms with Crippen LogP contribution in [-0.4, -0.2) is 72.0 Å². The predicted molar refractivity (Wildman–Crippen MR) is 87.8 cm³/mol. The highest BCUT2D eigenvalue weighted by atomic mass is 16.3. The maximum absolute atomic E-state index is 5.30. The van der Waals surface area contributed by atoms with Crippen LogP contribution in [0.25, 0.3) is 0 Å². The van der Waals surface area contributed by atoms with Crippen molar-refractivity contribution in [2.45, 2.75) is 39.3 Å². The first-order valence-electron chi connectivity index (χ1n) is 8.68. The summed E-state index contributed by atoms with van der Waals surface area (Å²) in [7, 11) is 2.23. The van der Waals surface area contributed by atoms with Gasteiger partial charge in [-0.1, -0.05) is 0 Å². The zero-order valence-electron chi connectivity index (χ0n) is 14.3. The molecule has 5 nitrogen and oxygen atoms in total. The predicted octanol–water partition coefficient (Wildman–Crippen LogP) is 1.83. The summed E-state index contributed by atoms with van der Waals surface area (Å²) >= 11 is 0. The van der Waals surface area contributed by atoms with E-state index in [9.17, 15) is 0 Å². The highest BCUT2D eigenvalue weighted by molar-refractivity contribution is 4.96. The van der Waals surface area contributed by atoms with Gasteiger partial charge < -0.3 is 9.32 Å². The Morgan fingerprint density at radius 2 is 1.86 bits per heavy atom. The van der Waals surface area contributed by atoms with Crippen molar-refractivity contribution in [3.05, 3.63) is 17.8 Å². The van der Waals surface area contributed by atoms with E-state index in [2.05, 4.69) is 33.7 Å². The zero-order valence-corrected chi connectivity index (χ0v) is 14.3. The number of aryl methyl sites for hydroxylation is 1. The topological polar surface area (TPSA) is 35.8 Å². The molecule has 0 N–H and O–H groups in total. The molecule has 2 fully saturated rings. The Balaban J connectivity index is 1.45. The zero-order chi connectivity index (χ0) is 15.5. The molecule has 5 heteroatoms. The van der Waals surface area contributed by atoms with Gasteiger partial charge in [-0.2, -0.15) is 0 Å². The van der Waals surface area contributed by atoms with Crippen LogP contribution in [0.1, 0.15) is 31.4 Å². The van der Waals surface area contributed by atoms with Crippen molar-refractivity contribution < 1.29 is 4.42 Å². The Morgan fingerprint density at radius 3 is 2.45 bits per heavy atom. The van der Waals surface area contributed by atoms with Crippen molar-refractivity contribution in [1.29, 1.82) is 0 Å². The molecule has 124 valence electrons. The minimum Gasteiger partial charge on any atom is -0.449 e. The third-order valence-electron chi connectivity index (χ3n) is 5.48. The Bertz CT molecular complexity index is 459. The van der Waals surface area contributed by atoms with Gasteiger partial charge >= 0.3 is 0 Å². The highest BCUT2D eigenvalue weighted by Gasteiger charge is 2.29. The molecule has 0 spiro atoms. The van der Waals surface area contributed by atoms with E-state index in [1.54, 1.807) is 6.26 Å². The van der Waals surface area contributed by atoms with Crippen LogP contribution in [0.2, 0.25) is 0 Å². The van der Waals surface area contributed by atoms with Gasteiger partial charge in [0.1, 0.15) is 6.26 Å². The molecule has 1 atom stereocenters. The van der Waals surface area contributed by atoms with E-state index in [1.165, 1.54) is 52.1 Å². The molecule has 0 aliphatic carbocycles. The number of likely N-dealkylation sites (tertiary alicyclic amines) is 1. The van der Waals surface area contributed by atoms with E-state index in [-0.39, 0.29) is 0 Å². The molecular formula is C17H30N4O. The lowest BCUT2D eigenvalue weighted by atomic mass is 9.89. The van der Waals surface area contributed by atoms with Crippen LogP contribution >= 0.6 is 0 Å². The Kier molecular flexibility index (Phi) is 5.16. The molecule has 3 rings (SSSR count). The minimum atomic E-state index is 0.727. The second kappa shape index (κ2) is 7.11. The molecule has 22 heavy (non-hydrogen) atoms. The fourth-order valence-corrected chi connectivity index (χ4v) is 3.83. The third kappa shape index (κ3) is 3.89. The maximum atomic E-state index is 5.30. The number of hydrogen-bond donors (Lipinski definition) is 0. The summed E-state index contributed by atoms with van der Waals surface area (Å²) in [6.45, 7) is 12.6. The van der Waals surface area contributed by atoms with Crippen LogP contribution in [0.3, 0.4) is 0 Å². The molecular weight excluding hydrogens is 276 g/mol. The van der Waals surface area contributed by atoms with Gasteiger partial charge in [-0.15, -0.1) is 0 Å². The average molecular weight is 306 g/mol. The van der Waals surface area contributed by atoms with Crippen LogP contribution < -0.4 is 0 Å². The molecule has 0 bridgehead atoms. The largest absolute Gasteiger partial charge is 0.449 e. The monoisotopic (exact) mass is 306 g/mol. The first-order valence-corrected chi connectivity index (χ1v) is 8.68. The van der Waals surface area contributed by atoms with Crippen molar-refractivity contribution in [1.82, 2.24) is 19.7 Å². The first kappa shape index (κ1) is 16.0. The maximum Gasteiger partial charge on any atom is 0.191 e. The summed E-state index contributed by atoms with van der Waals surface area (Å²) in [5.74, 6) is 1.62. The lowest BCUT2D eigenvalue weighted by Crippen LogP contribution is -2.51. The summed E-state index contributed by atoms with van der Waals surface area (Å²) in [5.41, 5.74) is 1.07. The quantitative estimate of drug-likeness (QED) is 0.848. The number of hydrogen-bond acceptors (Lipinski definition) is 5. The molecule has 2 saturated heterocycles. The first-order chi connectivity index (χ1) is 10.6. The lowest BCUT2D eigenvalue weighted by Gasteiger charge is -2.42. The van der Waals surface area contributed by atoms with Gasteiger partial charge in [-0.05, 0) is 45.8 Å². The molecule has 2 aliphatic heterocycles. The molecule has 1 aromatic heterocycles. The molecule has 0 radical (unpaired) electrons. The van der Waals surface area contributed by atoms with Crippen molar-refractivity contribution in [2.75, 3.05) is 46.3 Å². The van der Waals surface area contributed by atoms with E-state index >= 15 is 0 Å². The summed E-state index contributed by atoms with van der Waals surface area (Å²) < 4.78 is 5.30. The number of piperazine rings is 1. The average Bonchev–Trinajstić information content (AvgIpc) is 2.93. The number of oxazole rings is 1. The standard InChI is InChI=1S/C17H30N4O/c1-14(21-10-8-19(3)9-11-21)16-4-6-20(7-5-16)12-17-13-22-15(2)18-17/h13-14,16H,4-12H2,1-3H3. The Morgan fingerprint density at radius 1 is 1.18 bits per heavy atom. The summed E-state index contributed by atoms with van der Waals surface area (Å²) in [6.07, 6.45) is 4.42. The highest BCUT2D eigenvalue weighted by Crippen LogP contribution is 2.25. The van der Waals surface area contributed by atoms with Crippen LogP contribution in [0.5, 0.6) is 0 Å². The van der Waals surface area contributed by atoms with Crippen LogP contribution in [0.4, 0.5) is 0 Å². The Hall–Kier alpha value is -0.910. The number of rotatable bonds is 4. The molecule has 0 aromatic carbocycles. The number of likely N-dealkylation sites (N-methyl/N-ethyl adjacent to an activating group) is 1. The molecule has 0 amide bonds. The van der Waals surface area contributed by atoms with Gasteiger partial charge in [0, 0.05) is 45.7 Å². The van der Waals surface area contributed by atoms with E-state index in [0.717, 1.165) is 30.1 Å². The van der Waals surface area contributed by atoms with Crippen molar-refractivity contribution in [2.24, 2.45) is 5.92 Å². The third-order valence-corrected chi connectivity index (χ3v) is 5.48. The SMILES string of the molecule is Cc1nc(CN2CCC(C(C)N3CCN(C)CC3)CC2)co1. The molecule has 1 unspecified atom stereocenters. The number of aromatic nitrogens is 1. The lowest BCUT2D eigenvalue weighted by molar-refractivity contribution is 0.0596. The van der Waals surface area contributed by atoms with Gasteiger partial charge in [0.25, 0.3) is 0 Å². The summed E-state index contributed by atoms with van der Waals surface area (Å²) in [5, 5.41) is 0. The van der Waals surface area contributed by atoms with Crippen molar-refractivity contribution in [3.63, 3.8) is 0 Å². The smallest absolute Gasteiger partial charge is 0.191 e. The van der Waals surface area contributed by atoms with Gasteiger partial charge in [-0.25, -0.2) is 4.98 Å². The molecule has 3 heterocycles. The van der Waals surface area contributed by atoms with E-state index in [1.807, 2.05) is 6.92 Å². The van der Waals surface area contributed by atoms with E-state index in [4.69, 9.17) is 4.42 Å². The molecule has 2 aliphatic rings. The fraction of sp³-hybridized carbons (Fsp3) is 0.824. The Labute approximate surface area is 134 Å². The summed E-state index contributed by atoms with van der Waals surface area (Å²) in [6, 6.07) is 0.727. The number of nitrogens with zero attached hydrogens (tertiary/aromatic N) is 4. The number of piperidine rings is 1. The fourth-order valence-electron chi connectivity index (χ4n) is 3.83. The van der Waals surface area contributed by atoms with Crippen LogP contribution in [0.15, 0.2) is 10.7 Å². The minimum absolute atomic E-state index is 0.727. The normalized spacial score (nSPS) is 24.7.